The first kappa shape index (κ1) is 22.7. The maximum atomic E-state index is 11.3. The van der Waals surface area contributed by atoms with E-state index in [9.17, 15) is 20.0 Å². The zero-order valence-corrected chi connectivity index (χ0v) is 18.1. The third-order valence-corrected chi connectivity index (χ3v) is 5.25. The summed E-state index contributed by atoms with van der Waals surface area (Å²) in [6.45, 7) is 0.821. The lowest BCUT2D eigenvalue weighted by molar-refractivity contribution is -0.384. The van der Waals surface area contributed by atoms with Crippen molar-refractivity contribution >= 4 is 34.0 Å². The summed E-state index contributed by atoms with van der Waals surface area (Å²) in [4.78, 5) is 29.3. The zero-order valence-electron chi connectivity index (χ0n) is 18.1. The van der Waals surface area contributed by atoms with Crippen molar-refractivity contribution in [3.8, 4) is 5.88 Å². The van der Waals surface area contributed by atoms with Crippen LogP contribution in [0.5, 0.6) is 5.88 Å². The average Bonchev–Trinajstić information content (AvgIpc) is 3.15. The summed E-state index contributed by atoms with van der Waals surface area (Å²) in [6.07, 6.45) is 0.0297. The number of aromatic hydroxyl groups is 1. The van der Waals surface area contributed by atoms with Gasteiger partial charge in [-0.1, -0.05) is 42.5 Å². The maximum absolute atomic E-state index is 11.3. The molecule has 0 saturated carbocycles. The van der Waals surface area contributed by atoms with Crippen molar-refractivity contribution in [2.75, 3.05) is 6.54 Å². The molecular formula is C25H22N4O5. The van der Waals surface area contributed by atoms with E-state index in [0.717, 1.165) is 11.1 Å². The standard InChI is InChI=1S/C25H22N4O5/c30-22(31)11-12-26-15-16-5-4-8-18(13-16)27-24(17-6-2-1-3-7-17)23-20-14-19(29(33)34)9-10-21(20)28-25(23)32/h1-10,13-14,26,28,32H,11-12,15H2,(H,30,31). The van der Waals surface area contributed by atoms with Crippen LogP contribution in [-0.2, 0) is 11.3 Å². The van der Waals surface area contributed by atoms with Gasteiger partial charge < -0.3 is 20.5 Å². The fourth-order valence-corrected chi connectivity index (χ4v) is 3.67. The van der Waals surface area contributed by atoms with E-state index in [0.29, 0.717) is 41.0 Å². The third kappa shape index (κ3) is 5.11. The summed E-state index contributed by atoms with van der Waals surface area (Å²) in [5, 5.41) is 34.4. The Morgan fingerprint density at radius 3 is 2.59 bits per heavy atom. The Hall–Kier alpha value is -4.50. The molecule has 0 fully saturated rings. The zero-order chi connectivity index (χ0) is 24.1. The van der Waals surface area contributed by atoms with Gasteiger partial charge in [-0.3, -0.25) is 14.9 Å². The van der Waals surface area contributed by atoms with Crippen LogP contribution in [0, 0.1) is 10.1 Å². The van der Waals surface area contributed by atoms with Crippen LogP contribution in [0.15, 0.2) is 77.8 Å². The van der Waals surface area contributed by atoms with E-state index < -0.39 is 10.9 Å². The Morgan fingerprint density at radius 2 is 1.85 bits per heavy atom. The Morgan fingerprint density at radius 1 is 1.06 bits per heavy atom. The molecule has 0 aliphatic rings. The molecule has 1 heterocycles. The monoisotopic (exact) mass is 458 g/mol. The van der Waals surface area contributed by atoms with Crippen LogP contribution < -0.4 is 5.32 Å². The Labute approximate surface area is 194 Å². The van der Waals surface area contributed by atoms with Crippen molar-refractivity contribution in [3.63, 3.8) is 0 Å². The SMILES string of the molecule is O=C(O)CCNCc1cccc(N=C(c2ccccc2)c2c(O)[nH]c3ccc([N+](=O)[O-])cc23)c1. The van der Waals surface area contributed by atoms with Gasteiger partial charge in [0, 0.05) is 41.7 Å². The van der Waals surface area contributed by atoms with Crippen LogP contribution in [-0.4, -0.2) is 38.3 Å². The summed E-state index contributed by atoms with van der Waals surface area (Å²) >= 11 is 0. The predicted molar refractivity (Wildman–Crippen MR) is 129 cm³/mol. The number of aromatic amines is 1. The molecule has 34 heavy (non-hydrogen) atoms. The summed E-state index contributed by atoms with van der Waals surface area (Å²) in [7, 11) is 0. The minimum atomic E-state index is -0.864. The summed E-state index contributed by atoms with van der Waals surface area (Å²) in [5.74, 6) is -0.998. The summed E-state index contributed by atoms with van der Waals surface area (Å²) in [5.41, 5.74) is 3.56. The molecule has 0 unspecified atom stereocenters. The number of nitro benzene ring substituents is 1. The number of carbonyl (C=O) groups is 1. The van der Waals surface area contributed by atoms with E-state index in [4.69, 9.17) is 10.1 Å². The van der Waals surface area contributed by atoms with Crippen LogP contribution in [0.25, 0.3) is 10.9 Å². The molecule has 1 aromatic heterocycles. The van der Waals surface area contributed by atoms with Crippen molar-refractivity contribution in [3.05, 3.63) is 99.6 Å². The number of benzene rings is 3. The van der Waals surface area contributed by atoms with E-state index in [1.54, 1.807) is 6.07 Å². The third-order valence-electron chi connectivity index (χ3n) is 5.25. The van der Waals surface area contributed by atoms with Gasteiger partial charge in [-0.25, -0.2) is 4.99 Å². The quantitative estimate of drug-likeness (QED) is 0.126. The van der Waals surface area contributed by atoms with Crippen molar-refractivity contribution < 1.29 is 19.9 Å². The number of fused-ring (bicyclic) bond motifs is 1. The number of nitrogens with one attached hydrogen (secondary N) is 2. The molecule has 0 aliphatic heterocycles. The number of non-ortho nitro benzene ring substituents is 1. The van der Waals surface area contributed by atoms with E-state index in [2.05, 4.69) is 10.3 Å². The lowest BCUT2D eigenvalue weighted by atomic mass is 10.0. The molecule has 9 nitrogen and oxygen atoms in total. The number of aliphatic imine (C=N–C) groups is 1. The van der Waals surface area contributed by atoms with Crippen LogP contribution in [0.3, 0.4) is 0 Å². The molecule has 172 valence electrons. The van der Waals surface area contributed by atoms with Crippen molar-refractivity contribution in [1.29, 1.82) is 0 Å². The molecule has 4 N–H and O–H groups in total. The highest BCUT2D eigenvalue weighted by atomic mass is 16.6. The molecule has 0 spiro atoms. The molecule has 9 heteroatoms. The van der Waals surface area contributed by atoms with Crippen LogP contribution in [0.4, 0.5) is 11.4 Å². The number of rotatable bonds is 9. The molecular weight excluding hydrogens is 436 g/mol. The lowest BCUT2D eigenvalue weighted by Gasteiger charge is -2.09. The smallest absolute Gasteiger partial charge is 0.304 e. The molecule has 0 saturated heterocycles. The fourth-order valence-electron chi connectivity index (χ4n) is 3.67. The molecule has 0 bridgehead atoms. The molecule has 0 amide bonds. The number of hydrogen-bond acceptors (Lipinski definition) is 6. The number of aromatic nitrogens is 1. The van der Waals surface area contributed by atoms with Gasteiger partial charge in [-0.15, -0.1) is 0 Å². The van der Waals surface area contributed by atoms with Crippen LogP contribution in [0.1, 0.15) is 23.1 Å². The van der Waals surface area contributed by atoms with Crippen molar-refractivity contribution in [1.82, 2.24) is 10.3 Å². The van der Waals surface area contributed by atoms with Crippen molar-refractivity contribution in [2.24, 2.45) is 4.99 Å². The van der Waals surface area contributed by atoms with E-state index in [1.807, 2.05) is 54.6 Å². The van der Waals surface area contributed by atoms with Gasteiger partial charge in [0.15, 0.2) is 5.88 Å². The largest absolute Gasteiger partial charge is 0.494 e. The first-order valence-electron chi connectivity index (χ1n) is 10.6. The van der Waals surface area contributed by atoms with Crippen molar-refractivity contribution in [2.45, 2.75) is 13.0 Å². The van der Waals surface area contributed by atoms with E-state index in [-0.39, 0.29) is 18.0 Å². The van der Waals surface area contributed by atoms with Gasteiger partial charge in [-0.05, 0) is 23.8 Å². The molecule has 0 atom stereocenters. The van der Waals surface area contributed by atoms with E-state index in [1.165, 1.54) is 12.1 Å². The predicted octanol–water partition coefficient (Wildman–Crippen LogP) is 4.52. The first-order chi connectivity index (χ1) is 16.4. The van der Waals surface area contributed by atoms with Crippen LogP contribution >= 0.6 is 0 Å². The number of aliphatic carboxylic acids is 1. The van der Waals surface area contributed by atoms with Gasteiger partial charge in [0.25, 0.3) is 5.69 Å². The second-order valence-corrected chi connectivity index (χ2v) is 7.65. The van der Waals surface area contributed by atoms with Crippen LogP contribution in [0.2, 0.25) is 0 Å². The highest BCUT2D eigenvalue weighted by Gasteiger charge is 2.20. The second-order valence-electron chi connectivity index (χ2n) is 7.65. The molecule has 0 radical (unpaired) electrons. The number of carboxylic acids is 1. The minimum Gasteiger partial charge on any atom is -0.494 e. The first-order valence-corrected chi connectivity index (χ1v) is 10.6. The maximum Gasteiger partial charge on any atom is 0.304 e. The highest BCUT2D eigenvalue weighted by molar-refractivity contribution is 6.22. The number of nitrogens with zero attached hydrogens (tertiary/aromatic N) is 2. The number of hydrogen-bond donors (Lipinski definition) is 4. The van der Waals surface area contributed by atoms with E-state index >= 15 is 0 Å². The second kappa shape index (κ2) is 9.97. The molecule has 0 aliphatic carbocycles. The van der Waals surface area contributed by atoms with Gasteiger partial charge in [0.2, 0.25) is 0 Å². The number of nitro groups is 1. The average molecular weight is 458 g/mol. The Kier molecular flexibility index (Phi) is 6.65. The lowest BCUT2D eigenvalue weighted by Crippen LogP contribution is -2.17. The Bertz CT molecular complexity index is 1380. The molecule has 4 aromatic rings. The van der Waals surface area contributed by atoms with Gasteiger partial charge in [0.05, 0.1) is 28.3 Å². The molecule has 4 rings (SSSR count). The summed E-state index contributed by atoms with van der Waals surface area (Å²) in [6, 6.07) is 21.1. The van der Waals surface area contributed by atoms with Gasteiger partial charge in [0.1, 0.15) is 0 Å². The summed E-state index contributed by atoms with van der Waals surface area (Å²) < 4.78 is 0. The fraction of sp³-hybridized carbons (Fsp3) is 0.120. The number of carboxylic acid groups (broad SMARTS) is 1. The highest BCUT2D eigenvalue weighted by Crippen LogP contribution is 2.33. The topological polar surface area (TPSA) is 141 Å². The molecule has 3 aromatic carbocycles. The Balaban J connectivity index is 1.78. The number of H-pyrrole nitrogens is 1. The minimum absolute atomic E-state index is 0.0297. The van der Waals surface area contributed by atoms with Gasteiger partial charge in [-0.2, -0.15) is 0 Å². The normalized spacial score (nSPS) is 11.6. The van der Waals surface area contributed by atoms with Gasteiger partial charge >= 0.3 is 5.97 Å².